The molecule has 27 heavy (non-hydrogen) atoms. The summed E-state index contributed by atoms with van der Waals surface area (Å²) in [6.45, 7) is 1.83. The van der Waals surface area contributed by atoms with Gasteiger partial charge in [-0.05, 0) is 42.0 Å². The first kappa shape index (κ1) is 18.5. The van der Waals surface area contributed by atoms with E-state index in [-0.39, 0.29) is 25.0 Å². The molecule has 138 valence electrons. The molecule has 5 nitrogen and oxygen atoms in total. The summed E-state index contributed by atoms with van der Waals surface area (Å²) in [5, 5.41) is 4.94. The molecule has 0 spiro atoms. The summed E-state index contributed by atoms with van der Waals surface area (Å²) in [6, 6.07) is 21.1. The number of benzene rings is 3. The molecular formula is C22H22N2O3. The topological polar surface area (TPSA) is 58.6 Å². The van der Waals surface area contributed by atoms with Gasteiger partial charge in [0.2, 0.25) is 5.91 Å². The van der Waals surface area contributed by atoms with Crippen LogP contribution >= 0.6 is 0 Å². The average molecular weight is 362 g/mol. The van der Waals surface area contributed by atoms with Crippen LogP contribution in [0.3, 0.4) is 0 Å². The Labute approximate surface area is 158 Å². The lowest BCUT2D eigenvalue weighted by Crippen LogP contribution is -2.37. The molecule has 0 heterocycles. The second kappa shape index (κ2) is 8.36. The molecule has 0 unspecified atom stereocenters. The molecule has 2 amide bonds. The summed E-state index contributed by atoms with van der Waals surface area (Å²) >= 11 is 0. The average Bonchev–Trinajstić information content (AvgIpc) is 2.67. The number of anilines is 1. The molecule has 0 aliphatic carbocycles. The van der Waals surface area contributed by atoms with Crippen LogP contribution in [0.25, 0.3) is 10.8 Å². The monoisotopic (exact) mass is 362 g/mol. The lowest BCUT2D eigenvalue weighted by Gasteiger charge is -2.17. The first-order valence-electron chi connectivity index (χ1n) is 8.73. The molecule has 0 aliphatic rings. The zero-order valence-corrected chi connectivity index (χ0v) is 15.4. The number of fused-ring (bicyclic) bond motifs is 1. The van der Waals surface area contributed by atoms with Crippen molar-refractivity contribution in [1.82, 2.24) is 4.90 Å². The van der Waals surface area contributed by atoms with E-state index in [1.807, 2.05) is 73.7 Å². The van der Waals surface area contributed by atoms with Gasteiger partial charge in [-0.3, -0.25) is 9.59 Å². The number of carbonyl (C=O) groups is 2. The number of likely N-dealkylation sites (N-methyl/N-ethyl adjacent to an activating group) is 1. The van der Waals surface area contributed by atoms with Gasteiger partial charge in [0.25, 0.3) is 5.91 Å². The summed E-state index contributed by atoms with van der Waals surface area (Å²) in [4.78, 5) is 25.7. The van der Waals surface area contributed by atoms with Crippen LogP contribution in [0.4, 0.5) is 5.69 Å². The van der Waals surface area contributed by atoms with Gasteiger partial charge in [-0.25, -0.2) is 0 Å². The highest BCUT2D eigenvalue weighted by Crippen LogP contribution is 2.20. The van der Waals surface area contributed by atoms with Crippen LogP contribution in [0, 0.1) is 6.92 Å². The SMILES string of the molecule is Cc1ccc(NC(=O)CN(C)C(=O)COc2ccc3ccccc3c2)cc1. The standard InChI is InChI=1S/C22H22N2O3/c1-16-7-10-19(11-8-16)23-21(25)14-24(2)22(26)15-27-20-12-9-17-5-3-4-6-18(17)13-20/h3-13H,14-15H2,1-2H3,(H,23,25). The van der Waals surface area contributed by atoms with Gasteiger partial charge >= 0.3 is 0 Å². The van der Waals surface area contributed by atoms with Crippen molar-refractivity contribution >= 4 is 28.3 Å². The summed E-state index contributed by atoms with van der Waals surface area (Å²) in [5.41, 5.74) is 1.82. The molecule has 3 rings (SSSR count). The lowest BCUT2D eigenvalue weighted by atomic mass is 10.1. The van der Waals surface area contributed by atoms with E-state index in [9.17, 15) is 9.59 Å². The molecule has 0 saturated carbocycles. The number of amides is 2. The quantitative estimate of drug-likeness (QED) is 0.729. The Morgan fingerprint density at radius 3 is 2.41 bits per heavy atom. The minimum absolute atomic E-state index is 0.0339. The van der Waals surface area contributed by atoms with Gasteiger partial charge < -0.3 is 15.0 Å². The van der Waals surface area contributed by atoms with Crippen LogP contribution in [0.1, 0.15) is 5.56 Å². The first-order chi connectivity index (χ1) is 13.0. The van der Waals surface area contributed by atoms with Gasteiger partial charge in [0, 0.05) is 12.7 Å². The fraction of sp³-hybridized carbons (Fsp3) is 0.182. The molecule has 1 N–H and O–H groups in total. The maximum atomic E-state index is 12.2. The van der Waals surface area contributed by atoms with E-state index >= 15 is 0 Å². The number of nitrogens with one attached hydrogen (secondary N) is 1. The zero-order chi connectivity index (χ0) is 19.2. The van der Waals surface area contributed by atoms with Crippen molar-refractivity contribution in [2.24, 2.45) is 0 Å². The van der Waals surface area contributed by atoms with Gasteiger partial charge in [0.05, 0.1) is 6.54 Å². The number of carbonyl (C=O) groups excluding carboxylic acids is 2. The van der Waals surface area contributed by atoms with Crippen molar-refractivity contribution in [2.75, 3.05) is 25.5 Å². The Morgan fingerprint density at radius 2 is 1.67 bits per heavy atom. The molecule has 0 aliphatic heterocycles. The second-order valence-electron chi connectivity index (χ2n) is 6.46. The maximum Gasteiger partial charge on any atom is 0.260 e. The normalized spacial score (nSPS) is 10.4. The van der Waals surface area contributed by atoms with Gasteiger partial charge in [0.15, 0.2) is 6.61 Å². The fourth-order valence-electron chi connectivity index (χ4n) is 2.65. The third kappa shape index (κ3) is 5.07. The van der Waals surface area contributed by atoms with Crippen molar-refractivity contribution in [3.05, 3.63) is 72.3 Å². The van der Waals surface area contributed by atoms with Crippen LogP contribution in [0.15, 0.2) is 66.7 Å². The molecule has 0 bridgehead atoms. The Morgan fingerprint density at radius 1 is 0.963 bits per heavy atom. The first-order valence-corrected chi connectivity index (χ1v) is 8.73. The Bertz CT molecular complexity index is 951. The van der Waals surface area contributed by atoms with E-state index in [0.717, 1.165) is 16.3 Å². The highest BCUT2D eigenvalue weighted by molar-refractivity contribution is 5.94. The van der Waals surface area contributed by atoms with Crippen LogP contribution < -0.4 is 10.1 Å². The zero-order valence-electron chi connectivity index (χ0n) is 15.4. The van der Waals surface area contributed by atoms with Crippen molar-refractivity contribution in [3.63, 3.8) is 0 Å². The highest BCUT2D eigenvalue weighted by atomic mass is 16.5. The minimum Gasteiger partial charge on any atom is -0.484 e. The third-order valence-corrected chi connectivity index (χ3v) is 4.23. The Kier molecular flexibility index (Phi) is 5.71. The highest BCUT2D eigenvalue weighted by Gasteiger charge is 2.14. The number of rotatable bonds is 6. The van der Waals surface area contributed by atoms with Crippen LogP contribution in [0.5, 0.6) is 5.75 Å². The second-order valence-corrected chi connectivity index (χ2v) is 6.46. The molecule has 0 atom stereocenters. The van der Waals surface area contributed by atoms with E-state index in [4.69, 9.17) is 4.74 Å². The molecule has 5 heteroatoms. The van der Waals surface area contributed by atoms with E-state index in [2.05, 4.69) is 5.32 Å². The predicted octanol–water partition coefficient (Wildman–Crippen LogP) is 3.62. The van der Waals surface area contributed by atoms with Crippen molar-refractivity contribution < 1.29 is 14.3 Å². The molecule has 0 aromatic heterocycles. The summed E-state index contributed by atoms with van der Waals surface area (Å²) in [5.74, 6) is 0.113. The van der Waals surface area contributed by atoms with Gasteiger partial charge in [-0.2, -0.15) is 0 Å². The van der Waals surface area contributed by atoms with E-state index < -0.39 is 0 Å². The van der Waals surface area contributed by atoms with Crippen LogP contribution in [0.2, 0.25) is 0 Å². The Hall–Kier alpha value is -3.34. The molecular weight excluding hydrogens is 340 g/mol. The summed E-state index contributed by atoms with van der Waals surface area (Å²) < 4.78 is 5.59. The van der Waals surface area contributed by atoms with Crippen LogP contribution in [-0.4, -0.2) is 36.9 Å². The number of hydrogen-bond acceptors (Lipinski definition) is 3. The fourth-order valence-corrected chi connectivity index (χ4v) is 2.65. The smallest absolute Gasteiger partial charge is 0.260 e. The van der Waals surface area contributed by atoms with Crippen molar-refractivity contribution in [2.45, 2.75) is 6.92 Å². The number of ether oxygens (including phenoxy) is 1. The molecule has 3 aromatic rings. The van der Waals surface area contributed by atoms with E-state index in [1.54, 1.807) is 7.05 Å². The van der Waals surface area contributed by atoms with Gasteiger partial charge in [-0.15, -0.1) is 0 Å². The van der Waals surface area contributed by atoms with Crippen molar-refractivity contribution in [3.8, 4) is 5.75 Å². The van der Waals surface area contributed by atoms with E-state index in [1.165, 1.54) is 4.90 Å². The lowest BCUT2D eigenvalue weighted by molar-refractivity contribution is -0.135. The molecule has 0 saturated heterocycles. The van der Waals surface area contributed by atoms with Gasteiger partial charge in [-0.1, -0.05) is 48.0 Å². The van der Waals surface area contributed by atoms with Crippen LogP contribution in [-0.2, 0) is 9.59 Å². The molecule has 0 fully saturated rings. The number of aryl methyl sites for hydroxylation is 1. The number of nitrogens with zero attached hydrogens (tertiary/aromatic N) is 1. The predicted molar refractivity (Wildman–Crippen MR) is 107 cm³/mol. The Balaban J connectivity index is 1.50. The van der Waals surface area contributed by atoms with E-state index in [0.29, 0.717) is 11.4 Å². The summed E-state index contributed by atoms with van der Waals surface area (Å²) in [7, 11) is 1.58. The van der Waals surface area contributed by atoms with Gasteiger partial charge in [0.1, 0.15) is 5.75 Å². The molecule has 3 aromatic carbocycles. The number of hydrogen-bond donors (Lipinski definition) is 1. The largest absolute Gasteiger partial charge is 0.484 e. The van der Waals surface area contributed by atoms with Crippen molar-refractivity contribution in [1.29, 1.82) is 0 Å². The minimum atomic E-state index is -0.262. The summed E-state index contributed by atoms with van der Waals surface area (Å²) in [6.07, 6.45) is 0. The maximum absolute atomic E-state index is 12.2. The molecule has 0 radical (unpaired) electrons. The third-order valence-electron chi connectivity index (χ3n) is 4.23.